The van der Waals surface area contributed by atoms with Gasteiger partial charge in [-0.2, -0.15) is 0 Å². The molecular weight excluding hydrogens is 574 g/mol. The van der Waals surface area contributed by atoms with Crippen LogP contribution in [0.1, 0.15) is 50.2 Å². The van der Waals surface area contributed by atoms with E-state index in [0.29, 0.717) is 22.9 Å². The number of anilines is 1. The van der Waals surface area contributed by atoms with Crippen molar-refractivity contribution in [1.82, 2.24) is 10.2 Å². The molecule has 2 amide bonds. The van der Waals surface area contributed by atoms with Gasteiger partial charge < -0.3 is 15.0 Å². The lowest BCUT2D eigenvalue weighted by Gasteiger charge is -2.34. The number of aryl methyl sites for hydroxylation is 1. The van der Waals surface area contributed by atoms with Gasteiger partial charge in [0.2, 0.25) is 11.8 Å². The molecule has 42 heavy (non-hydrogen) atoms. The second kappa shape index (κ2) is 14.1. The van der Waals surface area contributed by atoms with Crippen LogP contribution in [0, 0.1) is 6.92 Å². The van der Waals surface area contributed by atoms with E-state index in [-0.39, 0.29) is 23.4 Å². The molecule has 1 aliphatic carbocycles. The molecule has 3 aromatic carbocycles. The quantitative estimate of drug-likeness (QED) is 0.283. The number of nitrogens with zero attached hydrogens (tertiary/aromatic N) is 2. The third-order valence-corrected chi connectivity index (χ3v) is 9.61. The summed E-state index contributed by atoms with van der Waals surface area (Å²) in [6.07, 6.45) is 4.31. The molecule has 0 saturated heterocycles. The van der Waals surface area contributed by atoms with Crippen LogP contribution >= 0.6 is 11.6 Å². The van der Waals surface area contributed by atoms with Crippen LogP contribution < -0.4 is 14.4 Å². The number of methoxy groups -OCH3 is 1. The fourth-order valence-corrected chi connectivity index (χ4v) is 6.79. The summed E-state index contributed by atoms with van der Waals surface area (Å²) in [5, 5.41) is 3.53. The minimum Gasteiger partial charge on any atom is -0.497 e. The summed E-state index contributed by atoms with van der Waals surface area (Å²) in [7, 11) is -2.58. The molecule has 1 aliphatic rings. The lowest BCUT2D eigenvalue weighted by Crippen LogP contribution is -2.53. The zero-order valence-electron chi connectivity index (χ0n) is 24.3. The number of rotatable bonds is 12. The van der Waals surface area contributed by atoms with Crippen molar-refractivity contribution in [2.45, 2.75) is 69.5 Å². The van der Waals surface area contributed by atoms with Crippen LogP contribution in [0.25, 0.3) is 0 Å². The number of carbonyl (C=O) groups is 2. The van der Waals surface area contributed by atoms with E-state index >= 15 is 0 Å². The van der Waals surface area contributed by atoms with Crippen molar-refractivity contribution in [2.24, 2.45) is 0 Å². The number of ether oxygens (including phenoxy) is 1. The average Bonchev–Trinajstić information content (AvgIpc) is 3.49. The first kappa shape index (κ1) is 31.4. The Morgan fingerprint density at radius 1 is 1.02 bits per heavy atom. The lowest BCUT2D eigenvalue weighted by molar-refractivity contribution is -0.140. The molecule has 1 atom stereocenters. The normalized spacial score (nSPS) is 14.3. The van der Waals surface area contributed by atoms with Crippen molar-refractivity contribution in [3.63, 3.8) is 0 Å². The molecule has 4 rings (SSSR count). The Hall–Kier alpha value is -3.56. The fourth-order valence-electron chi connectivity index (χ4n) is 5.26. The zero-order valence-corrected chi connectivity index (χ0v) is 25.8. The molecule has 8 nitrogen and oxygen atoms in total. The molecule has 0 aromatic heterocycles. The van der Waals surface area contributed by atoms with Gasteiger partial charge in [-0.15, -0.1) is 0 Å². The van der Waals surface area contributed by atoms with Gasteiger partial charge in [-0.05, 0) is 85.8 Å². The highest BCUT2D eigenvalue weighted by atomic mass is 35.5. The molecule has 10 heteroatoms. The van der Waals surface area contributed by atoms with E-state index in [4.69, 9.17) is 16.3 Å². The smallest absolute Gasteiger partial charge is 0.264 e. The van der Waals surface area contributed by atoms with Crippen LogP contribution in [0.15, 0.2) is 77.7 Å². The van der Waals surface area contributed by atoms with E-state index in [2.05, 4.69) is 5.32 Å². The van der Waals surface area contributed by atoms with Gasteiger partial charge in [0.25, 0.3) is 10.0 Å². The Morgan fingerprint density at radius 3 is 2.29 bits per heavy atom. The predicted molar refractivity (Wildman–Crippen MR) is 165 cm³/mol. The number of carbonyl (C=O) groups excluding carboxylic acids is 2. The van der Waals surface area contributed by atoms with Gasteiger partial charge in [0, 0.05) is 17.6 Å². The van der Waals surface area contributed by atoms with Crippen LogP contribution in [0.5, 0.6) is 5.75 Å². The second-order valence-corrected chi connectivity index (χ2v) is 12.9. The number of benzene rings is 3. The summed E-state index contributed by atoms with van der Waals surface area (Å²) < 4.78 is 34.3. The van der Waals surface area contributed by atoms with Crippen molar-refractivity contribution in [2.75, 3.05) is 18.0 Å². The van der Waals surface area contributed by atoms with Gasteiger partial charge in [0.15, 0.2) is 0 Å². The van der Waals surface area contributed by atoms with Gasteiger partial charge in [-0.3, -0.25) is 13.9 Å². The van der Waals surface area contributed by atoms with Crippen molar-refractivity contribution >= 4 is 39.1 Å². The molecule has 224 valence electrons. The monoisotopic (exact) mass is 611 g/mol. The molecule has 0 spiro atoms. The summed E-state index contributed by atoms with van der Waals surface area (Å²) >= 11 is 6.03. The Bertz CT molecular complexity index is 1470. The number of nitrogens with one attached hydrogen (secondary N) is 1. The molecule has 0 aliphatic heterocycles. The maximum Gasteiger partial charge on any atom is 0.264 e. The van der Waals surface area contributed by atoms with Gasteiger partial charge in [-0.25, -0.2) is 8.42 Å². The standard InChI is InChI=1S/C32H38ClN3O5S/c1-4-30(32(38)34-26-9-5-6-10-26)35(21-24-12-16-28(41-3)17-13-24)31(37)22-36(27-11-7-8-23(2)20-27)42(39,40)29-18-14-25(33)15-19-29/h7-8,11-20,26,30H,4-6,9-10,21-22H2,1-3H3,(H,34,38). The first-order valence-electron chi connectivity index (χ1n) is 14.2. The molecule has 0 heterocycles. The second-order valence-electron chi connectivity index (χ2n) is 10.6. The highest BCUT2D eigenvalue weighted by Gasteiger charge is 2.34. The Balaban J connectivity index is 1.71. The first-order chi connectivity index (χ1) is 20.1. The molecule has 1 unspecified atom stereocenters. The highest BCUT2D eigenvalue weighted by Crippen LogP contribution is 2.27. The first-order valence-corrected chi connectivity index (χ1v) is 16.0. The molecular formula is C32H38ClN3O5S. The van der Waals surface area contributed by atoms with Crippen molar-refractivity contribution in [3.8, 4) is 5.75 Å². The maximum atomic E-state index is 14.2. The molecule has 0 bridgehead atoms. The van der Waals surface area contributed by atoms with E-state index in [0.717, 1.165) is 41.1 Å². The maximum absolute atomic E-state index is 14.2. The number of sulfonamides is 1. The Kier molecular flexibility index (Phi) is 10.5. The number of halogens is 1. The fraction of sp³-hybridized carbons (Fsp3) is 0.375. The van der Waals surface area contributed by atoms with E-state index in [1.165, 1.54) is 29.2 Å². The molecule has 1 fully saturated rings. The molecule has 1 saturated carbocycles. The Labute approximate surface area is 253 Å². The van der Waals surface area contributed by atoms with Crippen LogP contribution in [0.4, 0.5) is 5.69 Å². The van der Waals surface area contributed by atoms with Gasteiger partial charge in [-0.1, -0.05) is 55.6 Å². The largest absolute Gasteiger partial charge is 0.497 e. The van der Waals surface area contributed by atoms with Crippen molar-refractivity contribution in [3.05, 3.63) is 88.9 Å². The number of hydrogen-bond acceptors (Lipinski definition) is 5. The molecule has 0 radical (unpaired) electrons. The number of hydrogen-bond donors (Lipinski definition) is 1. The highest BCUT2D eigenvalue weighted by molar-refractivity contribution is 7.92. The third-order valence-electron chi connectivity index (χ3n) is 7.57. The summed E-state index contributed by atoms with van der Waals surface area (Å²) in [6.45, 7) is 3.35. The third kappa shape index (κ3) is 7.63. The van der Waals surface area contributed by atoms with Crippen LogP contribution in [0.3, 0.4) is 0 Å². The van der Waals surface area contributed by atoms with E-state index in [1.54, 1.807) is 37.4 Å². The zero-order chi connectivity index (χ0) is 30.3. The summed E-state index contributed by atoms with van der Waals surface area (Å²) in [5.74, 6) is -0.0467. The SMILES string of the molecule is CCC(C(=O)NC1CCCC1)N(Cc1ccc(OC)cc1)C(=O)CN(c1cccc(C)c1)S(=O)(=O)c1ccc(Cl)cc1. The van der Waals surface area contributed by atoms with Crippen LogP contribution in [-0.4, -0.2) is 50.9 Å². The minimum atomic E-state index is -4.16. The number of amides is 2. The summed E-state index contributed by atoms with van der Waals surface area (Å²) in [4.78, 5) is 29.3. The average molecular weight is 612 g/mol. The van der Waals surface area contributed by atoms with Gasteiger partial charge >= 0.3 is 0 Å². The van der Waals surface area contributed by atoms with E-state index in [9.17, 15) is 18.0 Å². The van der Waals surface area contributed by atoms with E-state index < -0.39 is 28.5 Å². The minimum absolute atomic E-state index is 0.00827. The molecule has 3 aromatic rings. The van der Waals surface area contributed by atoms with Crippen molar-refractivity contribution in [1.29, 1.82) is 0 Å². The lowest BCUT2D eigenvalue weighted by atomic mass is 10.1. The topological polar surface area (TPSA) is 96.0 Å². The van der Waals surface area contributed by atoms with Gasteiger partial charge in [0.1, 0.15) is 18.3 Å². The van der Waals surface area contributed by atoms with Crippen molar-refractivity contribution < 1.29 is 22.7 Å². The van der Waals surface area contributed by atoms with Crippen LogP contribution in [0.2, 0.25) is 5.02 Å². The summed E-state index contributed by atoms with van der Waals surface area (Å²) in [5.41, 5.74) is 1.99. The summed E-state index contributed by atoms with van der Waals surface area (Å²) in [6, 6.07) is 19.4. The van der Waals surface area contributed by atoms with E-state index in [1.807, 2.05) is 32.0 Å². The predicted octanol–water partition coefficient (Wildman–Crippen LogP) is 5.72. The molecule has 1 N–H and O–H groups in total. The van der Waals surface area contributed by atoms with Gasteiger partial charge in [0.05, 0.1) is 17.7 Å². The van der Waals surface area contributed by atoms with Crippen LogP contribution in [-0.2, 0) is 26.2 Å². The Morgan fingerprint density at radius 2 is 1.69 bits per heavy atom.